The molecule has 0 aromatic rings. The summed E-state index contributed by atoms with van der Waals surface area (Å²) in [6, 6.07) is 0.813. The van der Waals surface area contributed by atoms with E-state index in [1.165, 1.54) is 45.1 Å². The first-order chi connectivity index (χ1) is 6.76. The van der Waals surface area contributed by atoms with Gasteiger partial charge in [0.25, 0.3) is 0 Å². The second kappa shape index (κ2) is 4.44. The largest absolute Gasteiger partial charge is 0.312 e. The van der Waals surface area contributed by atoms with Crippen LogP contribution in [0.5, 0.6) is 0 Å². The van der Waals surface area contributed by atoms with Crippen molar-refractivity contribution in [3.8, 4) is 0 Å². The van der Waals surface area contributed by atoms with Crippen molar-refractivity contribution >= 4 is 11.8 Å². The monoisotopic (exact) mass is 213 g/mol. The third-order valence-electron chi connectivity index (χ3n) is 4.04. The third-order valence-corrected chi connectivity index (χ3v) is 5.46. The van der Waals surface area contributed by atoms with E-state index in [1.54, 1.807) is 0 Å². The average Bonchev–Trinajstić information content (AvgIpc) is 2.98. The summed E-state index contributed by atoms with van der Waals surface area (Å²) in [5.41, 5.74) is 0. The van der Waals surface area contributed by atoms with Crippen LogP contribution in [0.1, 0.15) is 45.4 Å². The van der Waals surface area contributed by atoms with E-state index in [0.717, 1.165) is 12.0 Å². The Morgan fingerprint density at radius 2 is 2.00 bits per heavy atom. The van der Waals surface area contributed by atoms with Gasteiger partial charge in [-0.05, 0) is 37.9 Å². The lowest BCUT2D eigenvalue weighted by atomic mass is 9.86. The van der Waals surface area contributed by atoms with Crippen LogP contribution in [0.15, 0.2) is 0 Å². The fourth-order valence-corrected chi connectivity index (χ4v) is 3.27. The Morgan fingerprint density at radius 3 is 2.57 bits per heavy atom. The molecule has 1 nitrogen and oxygen atoms in total. The number of rotatable bonds is 4. The van der Waals surface area contributed by atoms with Crippen LogP contribution in [0.25, 0.3) is 0 Å². The Morgan fingerprint density at radius 1 is 1.29 bits per heavy atom. The van der Waals surface area contributed by atoms with E-state index in [9.17, 15) is 0 Å². The van der Waals surface area contributed by atoms with Gasteiger partial charge in [0.15, 0.2) is 0 Å². The highest BCUT2D eigenvalue weighted by atomic mass is 32.2. The van der Waals surface area contributed by atoms with Crippen molar-refractivity contribution in [2.75, 3.05) is 12.8 Å². The van der Waals surface area contributed by atoms with Gasteiger partial charge in [-0.1, -0.05) is 19.8 Å². The summed E-state index contributed by atoms with van der Waals surface area (Å²) >= 11 is 2.07. The predicted octanol–water partition coefficient (Wildman–Crippen LogP) is 3.05. The van der Waals surface area contributed by atoms with Gasteiger partial charge in [0.1, 0.15) is 0 Å². The van der Waals surface area contributed by atoms with Gasteiger partial charge >= 0.3 is 0 Å². The van der Waals surface area contributed by atoms with Crippen molar-refractivity contribution in [2.24, 2.45) is 5.92 Å². The lowest BCUT2D eigenvalue weighted by Gasteiger charge is -2.31. The second-order valence-corrected chi connectivity index (χ2v) is 6.41. The van der Waals surface area contributed by atoms with Gasteiger partial charge in [0.2, 0.25) is 0 Å². The van der Waals surface area contributed by atoms with E-state index in [4.69, 9.17) is 0 Å². The molecule has 2 saturated carbocycles. The molecule has 0 aromatic carbocycles. The van der Waals surface area contributed by atoms with Crippen LogP contribution in [-0.4, -0.2) is 23.6 Å². The Kier molecular flexibility index (Phi) is 3.43. The van der Waals surface area contributed by atoms with Gasteiger partial charge in [0, 0.05) is 17.3 Å². The molecular formula is C12H23NS. The molecular weight excluding hydrogens is 190 g/mol. The molecule has 0 saturated heterocycles. The lowest BCUT2D eigenvalue weighted by molar-refractivity contribution is 0.280. The quantitative estimate of drug-likeness (QED) is 0.770. The minimum Gasteiger partial charge on any atom is -0.312 e. The van der Waals surface area contributed by atoms with Gasteiger partial charge in [0.05, 0.1) is 0 Å². The van der Waals surface area contributed by atoms with Gasteiger partial charge in [-0.3, -0.25) is 0 Å². The van der Waals surface area contributed by atoms with Crippen molar-refractivity contribution in [2.45, 2.75) is 56.2 Å². The minimum atomic E-state index is 0.636. The summed E-state index contributed by atoms with van der Waals surface area (Å²) in [7, 11) is 0. The van der Waals surface area contributed by atoms with Gasteiger partial charge in [-0.2, -0.15) is 11.8 Å². The van der Waals surface area contributed by atoms with Crippen LogP contribution in [0.4, 0.5) is 0 Å². The molecule has 2 aliphatic carbocycles. The van der Waals surface area contributed by atoms with Crippen LogP contribution < -0.4 is 5.32 Å². The van der Waals surface area contributed by atoms with Gasteiger partial charge < -0.3 is 5.32 Å². The van der Waals surface area contributed by atoms with E-state index in [1.807, 2.05) is 0 Å². The lowest BCUT2D eigenvalue weighted by Crippen LogP contribution is -2.41. The summed E-state index contributed by atoms with van der Waals surface area (Å²) in [6.07, 6.45) is 10.9. The summed E-state index contributed by atoms with van der Waals surface area (Å²) < 4.78 is 0.636. The normalized spacial score (nSPS) is 35.6. The molecule has 2 fully saturated rings. The zero-order chi connectivity index (χ0) is 10.0. The Labute approximate surface area is 92.4 Å². The molecule has 14 heavy (non-hydrogen) atoms. The van der Waals surface area contributed by atoms with Crippen molar-refractivity contribution in [1.29, 1.82) is 0 Å². The molecule has 2 rings (SSSR count). The van der Waals surface area contributed by atoms with Crippen LogP contribution in [0.2, 0.25) is 0 Å². The van der Waals surface area contributed by atoms with Crippen LogP contribution in [0.3, 0.4) is 0 Å². The zero-order valence-electron chi connectivity index (χ0n) is 9.51. The fourth-order valence-electron chi connectivity index (χ4n) is 2.53. The van der Waals surface area contributed by atoms with Crippen LogP contribution in [0, 0.1) is 5.92 Å². The molecule has 1 N–H and O–H groups in total. The summed E-state index contributed by atoms with van der Waals surface area (Å²) in [6.45, 7) is 3.67. The summed E-state index contributed by atoms with van der Waals surface area (Å²) in [5, 5.41) is 3.80. The maximum Gasteiger partial charge on any atom is 0.0282 e. The van der Waals surface area contributed by atoms with Crippen LogP contribution >= 0.6 is 11.8 Å². The number of hydrogen-bond donors (Lipinski definition) is 1. The molecule has 0 aliphatic heterocycles. The number of thioether (sulfide) groups is 1. The second-order valence-electron chi connectivity index (χ2n) is 5.14. The van der Waals surface area contributed by atoms with E-state index >= 15 is 0 Å². The number of nitrogens with one attached hydrogen (secondary N) is 1. The molecule has 2 heteroatoms. The molecule has 0 aromatic heterocycles. The molecule has 0 radical (unpaired) electrons. The van der Waals surface area contributed by atoms with Gasteiger partial charge in [-0.25, -0.2) is 0 Å². The highest BCUT2D eigenvalue weighted by molar-refractivity contribution is 8.00. The van der Waals surface area contributed by atoms with Crippen molar-refractivity contribution in [3.05, 3.63) is 0 Å². The standard InChI is InChI=1S/C12H23NS/c1-10-5-3-4-6-11(10)13-9-12(14-2)7-8-12/h10-11,13H,3-9H2,1-2H3. The molecule has 0 spiro atoms. The molecule has 2 atom stereocenters. The van der Waals surface area contributed by atoms with Gasteiger partial charge in [-0.15, -0.1) is 0 Å². The van der Waals surface area contributed by atoms with Crippen LogP contribution in [-0.2, 0) is 0 Å². The summed E-state index contributed by atoms with van der Waals surface area (Å²) in [4.78, 5) is 0. The fraction of sp³-hybridized carbons (Fsp3) is 1.00. The van der Waals surface area contributed by atoms with Crippen molar-refractivity contribution in [3.63, 3.8) is 0 Å². The highest BCUT2D eigenvalue weighted by Crippen LogP contribution is 2.46. The maximum absolute atomic E-state index is 3.80. The maximum atomic E-state index is 3.80. The molecule has 0 heterocycles. The highest BCUT2D eigenvalue weighted by Gasteiger charge is 2.42. The third kappa shape index (κ3) is 2.46. The minimum absolute atomic E-state index is 0.636. The van der Waals surface area contributed by atoms with E-state index in [2.05, 4.69) is 30.3 Å². The Bertz CT molecular complexity index is 189. The summed E-state index contributed by atoms with van der Waals surface area (Å²) in [5.74, 6) is 0.904. The molecule has 2 unspecified atom stereocenters. The first-order valence-corrected chi connectivity index (χ1v) is 7.27. The molecule has 0 bridgehead atoms. The Hall–Kier alpha value is 0.310. The topological polar surface area (TPSA) is 12.0 Å². The van der Waals surface area contributed by atoms with Crippen molar-refractivity contribution < 1.29 is 0 Å². The van der Waals surface area contributed by atoms with E-state index < -0.39 is 0 Å². The van der Waals surface area contributed by atoms with Crippen molar-refractivity contribution in [1.82, 2.24) is 5.32 Å². The first-order valence-electron chi connectivity index (χ1n) is 6.04. The smallest absolute Gasteiger partial charge is 0.0282 e. The molecule has 2 aliphatic rings. The average molecular weight is 213 g/mol. The SMILES string of the molecule is CSC1(CNC2CCCCC2C)CC1. The van der Waals surface area contributed by atoms with E-state index in [0.29, 0.717) is 4.75 Å². The first kappa shape index (κ1) is 10.8. The molecule has 82 valence electrons. The molecule has 0 amide bonds. The predicted molar refractivity (Wildman–Crippen MR) is 64.9 cm³/mol. The number of hydrogen-bond acceptors (Lipinski definition) is 2. The Balaban J connectivity index is 1.73. The van der Waals surface area contributed by atoms with E-state index in [-0.39, 0.29) is 0 Å². The zero-order valence-corrected chi connectivity index (χ0v) is 10.3.